The number of hydrogen-bond donors (Lipinski definition) is 0. The maximum absolute atomic E-state index is 17.7. The van der Waals surface area contributed by atoms with Crippen LogP contribution < -0.4 is 14.4 Å². The number of hydrogen-bond acceptors (Lipinski definition) is 12. The van der Waals surface area contributed by atoms with E-state index in [0.29, 0.717) is 44.0 Å². The van der Waals surface area contributed by atoms with Crippen molar-refractivity contribution in [2.75, 3.05) is 44.5 Å². The molecule has 6 heterocycles. The highest BCUT2D eigenvalue weighted by atomic mass is 19.3. The van der Waals surface area contributed by atoms with Crippen molar-refractivity contribution in [3.8, 4) is 35.4 Å². The van der Waals surface area contributed by atoms with E-state index in [2.05, 4.69) is 29.7 Å². The number of esters is 2. The number of unbranched alkanes of at least 4 members (excludes halogenated alkanes) is 12. The zero-order valence-corrected chi connectivity index (χ0v) is 42.3. The van der Waals surface area contributed by atoms with Crippen molar-refractivity contribution in [1.29, 1.82) is 0 Å². The summed E-state index contributed by atoms with van der Waals surface area (Å²) in [7, 11) is 0. The largest absolute Gasteiger partial charge is 0.461 e. The lowest BCUT2D eigenvalue weighted by molar-refractivity contribution is -0.152. The molecule has 4 aromatic rings. The second kappa shape index (κ2) is 24.8. The molecule has 2 unspecified atom stereocenters. The Labute approximate surface area is 425 Å². The SMILES string of the molecule is C#Cc1c(F)ccc2cc(OC(=O)CCCCCCCCC)cc(-c3ncc4c(N5CC6CCC(C5)N6C(=O)OCOC(=O)CCCCCCCCC)nc(OC[C@@]56CCCN5CC(=C(F)F)C6)nc4c3F)c12. The van der Waals surface area contributed by atoms with Crippen LogP contribution in [0.1, 0.15) is 154 Å². The fraction of sp³-hybridized carbons (Fsp3) is 0.571. The Hall–Kier alpha value is -6.02. The molecule has 0 spiro atoms. The van der Waals surface area contributed by atoms with E-state index >= 15 is 8.78 Å². The Morgan fingerprint density at radius 3 is 2.19 bits per heavy atom. The molecule has 4 aliphatic heterocycles. The van der Waals surface area contributed by atoms with Crippen LogP contribution in [0.15, 0.2) is 42.1 Å². The molecule has 0 radical (unpaired) electrons. The van der Waals surface area contributed by atoms with Crippen LogP contribution in [0.3, 0.4) is 0 Å². The minimum absolute atomic E-state index is 0.0372. The highest BCUT2D eigenvalue weighted by Gasteiger charge is 2.49. The molecule has 1 amide bonds. The highest BCUT2D eigenvalue weighted by molar-refractivity contribution is 6.03. The van der Waals surface area contributed by atoms with Crippen LogP contribution in [0, 0.1) is 24.0 Å². The number of ether oxygens (including phenoxy) is 4. The first kappa shape index (κ1) is 53.3. The summed E-state index contributed by atoms with van der Waals surface area (Å²) in [4.78, 5) is 58.8. The minimum Gasteiger partial charge on any atom is -0.461 e. The first-order valence-corrected chi connectivity index (χ1v) is 26.5. The van der Waals surface area contributed by atoms with Crippen LogP contribution in [0.25, 0.3) is 32.9 Å². The molecule has 2 aromatic carbocycles. The van der Waals surface area contributed by atoms with E-state index in [4.69, 9.17) is 30.4 Å². The number of nitrogens with zero attached hydrogens (tertiary/aromatic N) is 6. The van der Waals surface area contributed by atoms with E-state index in [1.807, 2.05) is 9.80 Å². The van der Waals surface area contributed by atoms with Gasteiger partial charge in [0.15, 0.2) is 5.82 Å². The number of terminal acetylenes is 1. The fourth-order valence-electron chi connectivity index (χ4n) is 11.3. The van der Waals surface area contributed by atoms with Crippen molar-refractivity contribution in [2.45, 2.75) is 166 Å². The third-order valence-corrected chi connectivity index (χ3v) is 15.1. The van der Waals surface area contributed by atoms with E-state index in [1.54, 1.807) is 11.0 Å². The van der Waals surface area contributed by atoms with Crippen LogP contribution in [0.5, 0.6) is 11.8 Å². The van der Waals surface area contributed by atoms with Crippen molar-refractivity contribution in [3.05, 3.63) is 59.3 Å². The molecule has 0 N–H and O–H groups in total. The number of carbonyl (C=O) groups is 3. The van der Waals surface area contributed by atoms with Crippen LogP contribution in [-0.4, -0.2) is 100.0 Å². The molecule has 4 saturated heterocycles. The number of anilines is 1. The lowest BCUT2D eigenvalue weighted by Crippen LogP contribution is -2.56. The molecular weight excluding hydrogens is 945 g/mol. The standard InChI is InChI=1S/C56H68F4N6O7/c1-4-7-9-11-13-15-17-20-46(67)71-36-72-55(69)66-39-23-24-40(66)34-64(33-39)53-44-31-61-50(49(58)51(44)62-54(63-53)70-35-56-26-19-27-65(56)32-38(30-56)52(59)60)43-29-41(28-37-22-25-45(57)42(6-3)48(37)43)73-47(68)21-18-16-14-12-10-8-5-2/h3,22,25,28-29,31,39-40H,4-5,7-21,23-24,26-27,30,32-36H2,1-2H3/t39?,40?,56-/m0/s1. The second-order valence-electron chi connectivity index (χ2n) is 20.2. The Balaban J connectivity index is 1.07. The minimum atomic E-state index is -1.70. The molecule has 4 aliphatic rings. The van der Waals surface area contributed by atoms with Gasteiger partial charge in [0.25, 0.3) is 6.08 Å². The molecule has 17 heteroatoms. The quantitative estimate of drug-likeness (QED) is 0.0165. The van der Waals surface area contributed by atoms with Crippen molar-refractivity contribution in [2.24, 2.45) is 0 Å². The number of carbonyl (C=O) groups excluding carboxylic acids is 3. The average molecular weight is 1010 g/mol. The predicted molar refractivity (Wildman–Crippen MR) is 270 cm³/mol. The first-order valence-electron chi connectivity index (χ1n) is 26.5. The normalized spacial score (nSPS) is 19.4. The van der Waals surface area contributed by atoms with Gasteiger partial charge in [-0.15, -0.1) is 6.42 Å². The summed E-state index contributed by atoms with van der Waals surface area (Å²) < 4.78 is 84.0. The predicted octanol–water partition coefficient (Wildman–Crippen LogP) is 12.3. The Morgan fingerprint density at radius 2 is 1.52 bits per heavy atom. The van der Waals surface area contributed by atoms with Crippen LogP contribution in [0.4, 0.5) is 28.2 Å². The summed E-state index contributed by atoms with van der Waals surface area (Å²) in [5, 5.41) is 0.787. The van der Waals surface area contributed by atoms with Crippen LogP contribution >= 0.6 is 0 Å². The third-order valence-electron chi connectivity index (χ3n) is 15.1. The van der Waals surface area contributed by atoms with Gasteiger partial charge in [-0.25, -0.2) is 13.6 Å². The Morgan fingerprint density at radius 1 is 0.849 bits per heavy atom. The summed E-state index contributed by atoms with van der Waals surface area (Å²) in [5.41, 5.74) is -1.18. The summed E-state index contributed by atoms with van der Waals surface area (Å²) >= 11 is 0. The van der Waals surface area contributed by atoms with Gasteiger partial charge in [0, 0.05) is 55.2 Å². The molecule has 13 nitrogen and oxygen atoms in total. The summed E-state index contributed by atoms with van der Waals surface area (Å²) in [5.74, 6) is 0.269. The van der Waals surface area contributed by atoms with E-state index in [-0.39, 0.29) is 114 Å². The van der Waals surface area contributed by atoms with Gasteiger partial charge in [0.05, 0.1) is 28.6 Å². The van der Waals surface area contributed by atoms with Gasteiger partial charge in [-0.2, -0.15) is 18.7 Å². The number of aromatic nitrogens is 3. The van der Waals surface area contributed by atoms with E-state index in [1.165, 1.54) is 50.1 Å². The fourth-order valence-corrected chi connectivity index (χ4v) is 11.3. The number of rotatable bonds is 24. The zero-order valence-electron chi connectivity index (χ0n) is 42.3. The Bertz CT molecular complexity index is 2700. The molecule has 8 rings (SSSR count). The second-order valence-corrected chi connectivity index (χ2v) is 20.2. The summed E-state index contributed by atoms with van der Waals surface area (Å²) in [6, 6.07) is 4.79. The molecule has 4 fully saturated rings. The van der Waals surface area contributed by atoms with E-state index < -0.39 is 48.1 Å². The number of fused-ring (bicyclic) bond motifs is 5. The van der Waals surface area contributed by atoms with Gasteiger partial charge in [0.1, 0.15) is 35.2 Å². The average Bonchev–Trinajstić information content (AvgIpc) is 4.03. The van der Waals surface area contributed by atoms with Crippen molar-refractivity contribution >= 4 is 45.5 Å². The maximum atomic E-state index is 17.7. The molecule has 392 valence electrons. The summed E-state index contributed by atoms with van der Waals surface area (Å²) in [6.45, 7) is 5.07. The smallest absolute Gasteiger partial charge is 0.413 e. The lowest BCUT2D eigenvalue weighted by Gasteiger charge is -2.41. The van der Waals surface area contributed by atoms with Gasteiger partial charge in [-0.05, 0) is 75.1 Å². The van der Waals surface area contributed by atoms with Gasteiger partial charge in [-0.3, -0.25) is 24.4 Å². The number of pyridine rings is 1. The van der Waals surface area contributed by atoms with Gasteiger partial charge in [0.2, 0.25) is 6.79 Å². The highest BCUT2D eigenvalue weighted by Crippen LogP contribution is 2.44. The molecule has 0 aliphatic carbocycles. The Kier molecular flexibility index (Phi) is 18.1. The third kappa shape index (κ3) is 12.5. The van der Waals surface area contributed by atoms with Gasteiger partial charge < -0.3 is 23.8 Å². The van der Waals surface area contributed by atoms with E-state index in [9.17, 15) is 23.2 Å². The number of benzene rings is 2. The number of halogens is 4. The number of amides is 1. The first-order chi connectivity index (χ1) is 35.4. The van der Waals surface area contributed by atoms with Crippen LogP contribution in [-0.2, 0) is 19.1 Å². The van der Waals surface area contributed by atoms with Gasteiger partial charge >= 0.3 is 24.0 Å². The molecular formula is C56H68F4N6O7. The molecule has 2 aromatic heterocycles. The molecule has 73 heavy (non-hydrogen) atoms. The van der Waals surface area contributed by atoms with Crippen molar-refractivity contribution in [3.63, 3.8) is 0 Å². The summed E-state index contributed by atoms with van der Waals surface area (Å²) in [6.07, 6.45) is 22.7. The lowest BCUT2D eigenvalue weighted by atomic mass is 9.94. The van der Waals surface area contributed by atoms with Crippen molar-refractivity contribution in [1.82, 2.24) is 24.8 Å². The van der Waals surface area contributed by atoms with Crippen LogP contribution in [0.2, 0.25) is 0 Å². The maximum Gasteiger partial charge on any atom is 0.413 e. The molecule has 3 atom stereocenters. The topological polar surface area (TPSA) is 137 Å². The van der Waals surface area contributed by atoms with Crippen molar-refractivity contribution < 1.29 is 50.9 Å². The van der Waals surface area contributed by atoms with E-state index in [0.717, 1.165) is 57.8 Å². The molecule has 2 bridgehead atoms. The van der Waals surface area contributed by atoms with Gasteiger partial charge in [-0.1, -0.05) is 103 Å². The molecule has 0 saturated carbocycles. The number of piperazine rings is 1. The monoisotopic (exact) mass is 1010 g/mol. The zero-order chi connectivity index (χ0) is 51.5.